The van der Waals surface area contributed by atoms with Crippen LogP contribution in [0.1, 0.15) is 21.5 Å². The monoisotopic (exact) mass is 369 g/mol. The summed E-state index contributed by atoms with van der Waals surface area (Å²) in [6, 6.07) is 13.6. The number of pyridine rings is 1. The first kappa shape index (κ1) is 17.9. The zero-order valence-electron chi connectivity index (χ0n) is 14.3. The Morgan fingerprint density at radius 3 is 2.38 bits per heavy atom. The molecule has 0 aliphatic heterocycles. The summed E-state index contributed by atoms with van der Waals surface area (Å²) < 4.78 is 13.8. The predicted octanol–water partition coefficient (Wildman–Crippen LogP) is 5.49. The van der Waals surface area contributed by atoms with Crippen molar-refractivity contribution in [2.45, 2.75) is 13.8 Å². The van der Waals surface area contributed by atoms with Gasteiger partial charge in [-0.25, -0.2) is 9.37 Å². The summed E-state index contributed by atoms with van der Waals surface area (Å²) in [4.78, 5) is 16.5. The number of aryl methyl sites for hydroxylation is 2. The summed E-state index contributed by atoms with van der Waals surface area (Å²) >= 11 is 5.91. The van der Waals surface area contributed by atoms with Crippen molar-refractivity contribution >= 4 is 34.7 Å². The predicted molar refractivity (Wildman–Crippen MR) is 103 cm³/mol. The van der Waals surface area contributed by atoms with Crippen molar-refractivity contribution in [1.29, 1.82) is 0 Å². The molecule has 6 heteroatoms. The van der Waals surface area contributed by atoms with Gasteiger partial charge in [-0.1, -0.05) is 23.7 Å². The Morgan fingerprint density at radius 2 is 1.77 bits per heavy atom. The van der Waals surface area contributed by atoms with Crippen molar-refractivity contribution in [3.63, 3.8) is 0 Å². The van der Waals surface area contributed by atoms with Crippen LogP contribution in [0.2, 0.25) is 5.02 Å². The summed E-state index contributed by atoms with van der Waals surface area (Å²) in [5.41, 5.74) is 3.49. The number of halogens is 2. The second-order valence-corrected chi connectivity index (χ2v) is 6.39. The quantitative estimate of drug-likeness (QED) is 0.639. The molecule has 4 nitrogen and oxygen atoms in total. The number of carbonyl (C=O) groups is 1. The molecule has 132 valence electrons. The van der Waals surface area contributed by atoms with E-state index in [9.17, 15) is 9.18 Å². The Morgan fingerprint density at radius 1 is 1.04 bits per heavy atom. The molecule has 0 aliphatic carbocycles. The highest BCUT2D eigenvalue weighted by Gasteiger charge is 2.15. The molecular weight excluding hydrogens is 353 g/mol. The van der Waals surface area contributed by atoms with Gasteiger partial charge < -0.3 is 10.6 Å². The standard InChI is InChI=1S/C20H17ClFN3O/c1-12-8-13(2)10-15(9-12)24-18-7-6-14(11-23-18)25-20(26)19-16(21)4-3-5-17(19)22/h3-11H,1-2H3,(H,23,24)(H,25,26). The van der Waals surface area contributed by atoms with E-state index in [0.29, 0.717) is 11.5 Å². The van der Waals surface area contributed by atoms with Gasteiger partial charge in [-0.15, -0.1) is 0 Å². The van der Waals surface area contributed by atoms with Gasteiger partial charge >= 0.3 is 0 Å². The Bertz CT molecular complexity index is 917. The van der Waals surface area contributed by atoms with Crippen LogP contribution in [0, 0.1) is 19.7 Å². The van der Waals surface area contributed by atoms with Crippen LogP contribution in [0.5, 0.6) is 0 Å². The van der Waals surface area contributed by atoms with E-state index in [1.807, 2.05) is 26.0 Å². The second kappa shape index (κ2) is 7.54. The number of carbonyl (C=O) groups excluding carboxylic acids is 1. The maximum Gasteiger partial charge on any atom is 0.260 e. The van der Waals surface area contributed by atoms with Gasteiger partial charge in [0.25, 0.3) is 5.91 Å². The van der Waals surface area contributed by atoms with Gasteiger partial charge in [-0.3, -0.25) is 4.79 Å². The highest BCUT2D eigenvalue weighted by molar-refractivity contribution is 6.34. The number of anilines is 3. The average Bonchev–Trinajstić information content (AvgIpc) is 2.55. The molecule has 0 aliphatic rings. The summed E-state index contributed by atoms with van der Waals surface area (Å²) in [6.45, 7) is 4.05. The van der Waals surface area contributed by atoms with Gasteiger partial charge in [0.15, 0.2) is 0 Å². The molecule has 3 rings (SSSR count). The van der Waals surface area contributed by atoms with Crippen LogP contribution in [0.3, 0.4) is 0 Å². The highest BCUT2D eigenvalue weighted by atomic mass is 35.5. The molecular formula is C20H17ClFN3O. The van der Waals surface area contributed by atoms with Gasteiger partial charge in [0.2, 0.25) is 0 Å². The van der Waals surface area contributed by atoms with Crippen molar-refractivity contribution in [3.05, 3.63) is 82.3 Å². The summed E-state index contributed by atoms with van der Waals surface area (Å²) in [7, 11) is 0. The summed E-state index contributed by atoms with van der Waals surface area (Å²) in [5, 5.41) is 5.87. The molecule has 1 amide bonds. The number of hydrogen-bond donors (Lipinski definition) is 2. The topological polar surface area (TPSA) is 54.0 Å². The molecule has 1 aromatic heterocycles. The van der Waals surface area contributed by atoms with Crippen molar-refractivity contribution in [1.82, 2.24) is 4.98 Å². The van der Waals surface area contributed by atoms with Crippen LogP contribution in [-0.4, -0.2) is 10.9 Å². The van der Waals surface area contributed by atoms with Gasteiger partial charge in [-0.05, 0) is 61.4 Å². The van der Waals surface area contributed by atoms with Crippen LogP contribution in [0.4, 0.5) is 21.6 Å². The molecule has 0 atom stereocenters. The number of nitrogens with zero attached hydrogens (tertiary/aromatic N) is 1. The van der Waals surface area contributed by atoms with E-state index in [1.165, 1.54) is 24.4 Å². The van der Waals surface area contributed by atoms with Crippen molar-refractivity contribution in [2.75, 3.05) is 10.6 Å². The maximum absolute atomic E-state index is 13.8. The first-order valence-corrected chi connectivity index (χ1v) is 8.37. The lowest BCUT2D eigenvalue weighted by atomic mass is 10.1. The minimum Gasteiger partial charge on any atom is -0.340 e. The van der Waals surface area contributed by atoms with Crippen LogP contribution in [0.15, 0.2) is 54.7 Å². The molecule has 0 saturated carbocycles. The second-order valence-electron chi connectivity index (χ2n) is 5.98. The van der Waals surface area contributed by atoms with Gasteiger partial charge in [0.05, 0.1) is 22.5 Å². The molecule has 26 heavy (non-hydrogen) atoms. The smallest absolute Gasteiger partial charge is 0.260 e. The molecule has 0 spiro atoms. The van der Waals surface area contributed by atoms with Gasteiger partial charge in [0.1, 0.15) is 11.6 Å². The zero-order chi connectivity index (χ0) is 18.7. The Kier molecular flexibility index (Phi) is 5.19. The third-order valence-corrected chi connectivity index (χ3v) is 4.02. The van der Waals surface area contributed by atoms with E-state index < -0.39 is 11.7 Å². The maximum atomic E-state index is 13.8. The Balaban J connectivity index is 1.72. The summed E-state index contributed by atoms with van der Waals surface area (Å²) in [5.74, 6) is -0.655. The number of rotatable bonds is 4. The van der Waals surface area contributed by atoms with Crippen molar-refractivity contribution in [2.24, 2.45) is 0 Å². The average molecular weight is 370 g/mol. The number of benzene rings is 2. The Labute approximate surface area is 156 Å². The molecule has 0 unspecified atom stereocenters. The van der Waals surface area contributed by atoms with Gasteiger partial charge in [0, 0.05) is 5.69 Å². The largest absolute Gasteiger partial charge is 0.340 e. The van der Waals surface area contributed by atoms with E-state index in [-0.39, 0.29) is 10.6 Å². The number of amides is 1. The zero-order valence-corrected chi connectivity index (χ0v) is 15.1. The number of nitrogens with one attached hydrogen (secondary N) is 2. The minimum absolute atomic E-state index is 0.0589. The molecule has 2 aromatic carbocycles. The van der Waals surface area contributed by atoms with Crippen LogP contribution >= 0.6 is 11.6 Å². The molecule has 1 heterocycles. The first-order valence-electron chi connectivity index (χ1n) is 7.99. The van der Waals surface area contributed by atoms with Crippen molar-refractivity contribution < 1.29 is 9.18 Å². The minimum atomic E-state index is -0.670. The first-order chi connectivity index (χ1) is 12.4. The number of aromatic nitrogens is 1. The van der Waals surface area contributed by atoms with Crippen molar-refractivity contribution in [3.8, 4) is 0 Å². The van der Waals surface area contributed by atoms with E-state index in [0.717, 1.165) is 16.8 Å². The normalized spacial score (nSPS) is 10.5. The molecule has 2 N–H and O–H groups in total. The van der Waals surface area contributed by atoms with Crippen LogP contribution in [-0.2, 0) is 0 Å². The van der Waals surface area contributed by atoms with Crippen LogP contribution < -0.4 is 10.6 Å². The van der Waals surface area contributed by atoms with Gasteiger partial charge in [-0.2, -0.15) is 0 Å². The lowest BCUT2D eigenvalue weighted by Gasteiger charge is -2.10. The third kappa shape index (κ3) is 4.18. The lowest BCUT2D eigenvalue weighted by Crippen LogP contribution is -2.14. The van der Waals surface area contributed by atoms with Crippen LogP contribution in [0.25, 0.3) is 0 Å². The molecule has 0 bridgehead atoms. The highest BCUT2D eigenvalue weighted by Crippen LogP contribution is 2.22. The number of hydrogen-bond acceptors (Lipinski definition) is 3. The molecule has 0 saturated heterocycles. The lowest BCUT2D eigenvalue weighted by molar-refractivity contribution is 0.102. The van der Waals surface area contributed by atoms with E-state index in [1.54, 1.807) is 12.1 Å². The van der Waals surface area contributed by atoms with E-state index in [2.05, 4.69) is 21.7 Å². The van der Waals surface area contributed by atoms with E-state index in [4.69, 9.17) is 11.6 Å². The summed E-state index contributed by atoms with van der Waals surface area (Å²) in [6.07, 6.45) is 1.50. The third-order valence-electron chi connectivity index (χ3n) is 3.71. The molecule has 0 radical (unpaired) electrons. The molecule has 3 aromatic rings. The van der Waals surface area contributed by atoms with E-state index >= 15 is 0 Å². The fourth-order valence-corrected chi connectivity index (χ4v) is 2.89. The molecule has 0 fully saturated rings. The SMILES string of the molecule is Cc1cc(C)cc(Nc2ccc(NC(=O)c3c(F)cccc3Cl)cn2)c1. The Hall–Kier alpha value is -2.92. The fraction of sp³-hybridized carbons (Fsp3) is 0.100. The fourth-order valence-electron chi connectivity index (χ4n) is 2.64.